The van der Waals surface area contributed by atoms with Crippen LogP contribution in [-0.2, 0) is 24.6 Å². The third kappa shape index (κ3) is 4.74. The zero-order valence-corrected chi connectivity index (χ0v) is 28.3. The Morgan fingerprint density at radius 1 is 0.885 bits per heavy atom. The summed E-state index contributed by atoms with van der Waals surface area (Å²) in [7, 11) is 1.42. The van der Waals surface area contributed by atoms with E-state index in [4.69, 9.17) is 4.74 Å². The molecular weight excluding hydrogens is 664 g/mol. The van der Waals surface area contributed by atoms with E-state index in [0.717, 1.165) is 21.0 Å². The van der Waals surface area contributed by atoms with Crippen molar-refractivity contribution >= 4 is 40.7 Å². The molecule has 2 N–H and O–H groups in total. The Morgan fingerprint density at radius 3 is 2.35 bits per heavy atom. The summed E-state index contributed by atoms with van der Waals surface area (Å²) in [4.78, 5) is 70.6. The third-order valence-corrected chi connectivity index (χ3v) is 11.2. The molecule has 8 rings (SSSR count). The molecule has 4 amide bonds. The number of amides is 4. The maximum absolute atomic E-state index is 15.2. The number of hydrogen-bond acceptors (Lipinski definition) is 9. The Hall–Kier alpha value is -6.30. The number of aryl methyl sites for hydroxylation is 1. The number of methoxy groups -OCH3 is 1. The number of carbonyl (C=O) groups is 4. The number of phenols is 1. The minimum absolute atomic E-state index is 0.0893. The molecule has 0 aromatic heterocycles. The van der Waals surface area contributed by atoms with Crippen molar-refractivity contribution < 1.29 is 33.9 Å². The molecule has 4 aromatic rings. The van der Waals surface area contributed by atoms with Crippen LogP contribution >= 0.6 is 0 Å². The number of nitro benzene ring substituents is 1. The molecule has 262 valence electrons. The van der Waals surface area contributed by atoms with Gasteiger partial charge < -0.3 is 9.84 Å². The largest absolute Gasteiger partial charge is 0.504 e. The second-order valence-corrected chi connectivity index (χ2v) is 13.8. The number of nitro groups is 1. The summed E-state index contributed by atoms with van der Waals surface area (Å²) in [6.45, 7) is 1.93. The average molecular weight is 699 g/mol. The molecule has 12 nitrogen and oxygen atoms in total. The van der Waals surface area contributed by atoms with Crippen LogP contribution in [0.2, 0.25) is 0 Å². The van der Waals surface area contributed by atoms with Crippen LogP contribution in [0.1, 0.15) is 35.4 Å². The van der Waals surface area contributed by atoms with E-state index in [1.165, 1.54) is 37.4 Å². The molecule has 0 spiro atoms. The van der Waals surface area contributed by atoms with Crippen LogP contribution in [-0.4, -0.2) is 45.8 Å². The molecule has 52 heavy (non-hydrogen) atoms. The number of aromatic hydroxyl groups is 1. The highest BCUT2D eigenvalue weighted by molar-refractivity contribution is 6.22. The fourth-order valence-electron chi connectivity index (χ4n) is 9.00. The lowest BCUT2D eigenvalue weighted by molar-refractivity contribution is -0.384. The average Bonchev–Trinajstić information content (AvgIpc) is 3.53. The van der Waals surface area contributed by atoms with E-state index in [2.05, 4.69) is 5.43 Å². The van der Waals surface area contributed by atoms with Gasteiger partial charge in [-0.05, 0) is 67.1 Å². The Balaban J connectivity index is 1.31. The van der Waals surface area contributed by atoms with Crippen molar-refractivity contribution in [2.75, 3.05) is 17.4 Å². The van der Waals surface area contributed by atoms with Gasteiger partial charge in [0.15, 0.2) is 11.5 Å². The Labute approximate surface area is 298 Å². The molecule has 3 fully saturated rings. The van der Waals surface area contributed by atoms with Gasteiger partial charge in [0.05, 0.1) is 46.6 Å². The molecule has 2 saturated heterocycles. The van der Waals surface area contributed by atoms with Crippen LogP contribution in [0.5, 0.6) is 11.5 Å². The van der Waals surface area contributed by atoms with E-state index in [9.17, 15) is 29.6 Å². The van der Waals surface area contributed by atoms with Crippen LogP contribution in [0.4, 0.5) is 17.1 Å². The second-order valence-electron chi connectivity index (χ2n) is 13.8. The zero-order chi connectivity index (χ0) is 36.5. The minimum atomic E-state index is -1.49. The minimum Gasteiger partial charge on any atom is -0.504 e. The molecule has 1 saturated carbocycles. The number of carbonyl (C=O) groups excluding carboxylic acids is 4. The first-order valence-electron chi connectivity index (χ1n) is 17.0. The fraction of sp³-hybridized carbons (Fsp3) is 0.250. The number of hydrazine groups is 1. The van der Waals surface area contributed by atoms with Gasteiger partial charge in [0.2, 0.25) is 11.8 Å². The van der Waals surface area contributed by atoms with Crippen molar-refractivity contribution in [2.24, 2.45) is 23.7 Å². The van der Waals surface area contributed by atoms with Gasteiger partial charge in [-0.15, -0.1) is 0 Å². The molecule has 0 bridgehead atoms. The first-order chi connectivity index (χ1) is 25.1. The number of non-ortho nitro benzene ring substituents is 1. The molecule has 6 unspecified atom stereocenters. The van der Waals surface area contributed by atoms with Gasteiger partial charge in [0.25, 0.3) is 17.5 Å². The summed E-state index contributed by atoms with van der Waals surface area (Å²) in [5, 5.41) is 23.3. The van der Waals surface area contributed by atoms with Gasteiger partial charge in [0, 0.05) is 18.1 Å². The smallest absolute Gasteiger partial charge is 0.271 e. The number of allylic oxidation sites excluding steroid dienone is 2. The zero-order valence-electron chi connectivity index (χ0n) is 28.3. The number of imide groups is 2. The van der Waals surface area contributed by atoms with Gasteiger partial charge in [-0.25, -0.2) is 4.90 Å². The predicted octanol–water partition coefficient (Wildman–Crippen LogP) is 5.81. The number of benzene rings is 4. The number of fused-ring (bicyclic) bond motifs is 4. The highest BCUT2D eigenvalue weighted by atomic mass is 16.6. The van der Waals surface area contributed by atoms with E-state index in [1.54, 1.807) is 24.3 Å². The van der Waals surface area contributed by atoms with Crippen LogP contribution in [0.3, 0.4) is 0 Å². The van der Waals surface area contributed by atoms with E-state index in [0.29, 0.717) is 16.8 Å². The number of ether oxygens (including phenoxy) is 1. The highest BCUT2D eigenvalue weighted by Gasteiger charge is 2.70. The summed E-state index contributed by atoms with van der Waals surface area (Å²) in [6, 6.07) is 26.7. The lowest BCUT2D eigenvalue weighted by atomic mass is 9.49. The Kier molecular flexibility index (Phi) is 7.70. The van der Waals surface area contributed by atoms with Crippen LogP contribution in [0, 0.1) is 40.7 Å². The van der Waals surface area contributed by atoms with E-state index in [1.807, 2.05) is 55.5 Å². The van der Waals surface area contributed by atoms with E-state index in [-0.39, 0.29) is 35.7 Å². The number of anilines is 2. The monoisotopic (exact) mass is 698 g/mol. The van der Waals surface area contributed by atoms with Gasteiger partial charge in [-0.3, -0.25) is 34.7 Å². The summed E-state index contributed by atoms with van der Waals surface area (Å²) in [6.07, 6.45) is 2.19. The molecule has 12 heteroatoms. The van der Waals surface area contributed by atoms with E-state index >= 15 is 4.79 Å². The van der Waals surface area contributed by atoms with Crippen LogP contribution < -0.4 is 15.1 Å². The van der Waals surface area contributed by atoms with Gasteiger partial charge in [-0.2, -0.15) is 5.01 Å². The molecule has 2 aliphatic carbocycles. The first-order valence-corrected chi connectivity index (χ1v) is 17.0. The van der Waals surface area contributed by atoms with Crippen molar-refractivity contribution in [1.82, 2.24) is 5.01 Å². The van der Waals surface area contributed by atoms with Crippen molar-refractivity contribution in [1.29, 1.82) is 0 Å². The van der Waals surface area contributed by atoms with Gasteiger partial charge in [-0.1, -0.05) is 71.8 Å². The topological polar surface area (TPSA) is 159 Å². The van der Waals surface area contributed by atoms with Crippen molar-refractivity contribution in [3.05, 3.63) is 136 Å². The standard InChI is InChI=1S/C40H34N4O8/c1-22-11-14-25(15-12-22)41-43-37(47)31-21-30-28(16-17-29-34(30)38(48)42(36(29)46)26-9-6-10-27(20-26)44(50)51)35(23-13-18-32(45)33(19-23)52-2)40(31,39(43)49)24-7-4-3-5-8-24/h3-16,18-20,29-31,34-35,41,45H,17,21H2,1-2H3. The van der Waals surface area contributed by atoms with Crippen LogP contribution in [0.15, 0.2) is 109 Å². The predicted molar refractivity (Wildman–Crippen MR) is 189 cm³/mol. The lowest BCUT2D eigenvalue weighted by Gasteiger charge is -2.50. The normalized spacial score (nSPS) is 26.4. The lowest BCUT2D eigenvalue weighted by Crippen LogP contribution is -2.53. The van der Waals surface area contributed by atoms with Gasteiger partial charge in [0.1, 0.15) is 0 Å². The molecule has 2 aliphatic heterocycles. The third-order valence-electron chi connectivity index (χ3n) is 11.2. The number of hydrogen-bond donors (Lipinski definition) is 2. The summed E-state index contributed by atoms with van der Waals surface area (Å²) in [5.41, 5.74) is 4.91. The number of nitrogens with zero attached hydrogens (tertiary/aromatic N) is 3. The van der Waals surface area contributed by atoms with Crippen molar-refractivity contribution in [3.63, 3.8) is 0 Å². The quantitative estimate of drug-likeness (QED) is 0.105. The maximum atomic E-state index is 15.2. The fourth-order valence-corrected chi connectivity index (χ4v) is 9.00. The molecule has 4 aliphatic rings. The van der Waals surface area contributed by atoms with Crippen molar-refractivity contribution in [2.45, 2.75) is 31.1 Å². The highest BCUT2D eigenvalue weighted by Crippen LogP contribution is 2.64. The molecule has 6 atom stereocenters. The summed E-state index contributed by atoms with van der Waals surface area (Å²) >= 11 is 0. The van der Waals surface area contributed by atoms with Crippen LogP contribution in [0.25, 0.3) is 0 Å². The van der Waals surface area contributed by atoms with Gasteiger partial charge >= 0.3 is 0 Å². The summed E-state index contributed by atoms with van der Waals surface area (Å²) < 4.78 is 5.51. The SMILES string of the molecule is COc1cc(C2C3=CCC4C(=O)N(c5cccc([N+](=O)[O-])c5)C(=O)C4C3CC3C(=O)N(Nc4ccc(C)cc4)C(=O)C32c2ccccc2)ccc1O. The summed E-state index contributed by atoms with van der Waals surface area (Å²) in [5.74, 6) is -5.94. The number of rotatable bonds is 7. The Bertz CT molecular complexity index is 2200. The molecule has 4 aromatic carbocycles. The molecule has 0 radical (unpaired) electrons. The maximum Gasteiger partial charge on any atom is 0.271 e. The Morgan fingerprint density at radius 2 is 1.63 bits per heavy atom. The van der Waals surface area contributed by atoms with Crippen molar-refractivity contribution in [3.8, 4) is 11.5 Å². The molecular formula is C40H34N4O8. The second kappa shape index (κ2) is 12.2. The van der Waals surface area contributed by atoms with E-state index < -0.39 is 63.6 Å². The molecule has 2 heterocycles. The number of phenolic OH excluding ortho intramolecular Hbond substituents is 1. The first kappa shape index (κ1) is 32.9. The number of nitrogens with one attached hydrogen (secondary N) is 1.